The first-order valence-corrected chi connectivity index (χ1v) is 6.67. The van der Waals surface area contributed by atoms with Crippen molar-refractivity contribution in [1.82, 2.24) is 4.98 Å². The van der Waals surface area contributed by atoms with Gasteiger partial charge in [-0.05, 0) is 30.7 Å². The summed E-state index contributed by atoms with van der Waals surface area (Å²) in [4.78, 5) is 4.74. The fraction of sp³-hybridized carbons (Fsp3) is 0.308. The maximum atomic E-state index is 6.29. The van der Waals surface area contributed by atoms with E-state index in [9.17, 15) is 0 Å². The second-order valence-electron chi connectivity index (χ2n) is 4.22. The lowest BCUT2D eigenvalue weighted by Crippen LogP contribution is -2.09. The van der Waals surface area contributed by atoms with E-state index in [4.69, 9.17) is 10.7 Å². The molecule has 1 aliphatic heterocycles. The van der Waals surface area contributed by atoms with E-state index in [1.54, 1.807) is 0 Å². The van der Waals surface area contributed by atoms with Crippen molar-refractivity contribution in [1.29, 1.82) is 0 Å². The van der Waals surface area contributed by atoms with Crippen molar-refractivity contribution in [2.45, 2.75) is 19.1 Å². The summed E-state index contributed by atoms with van der Waals surface area (Å²) in [7, 11) is 0. The highest BCUT2D eigenvalue weighted by atomic mass is 32.2. The smallest absolute Gasteiger partial charge is 0.0728 e. The van der Waals surface area contributed by atoms with E-state index in [2.05, 4.69) is 19.1 Å². The van der Waals surface area contributed by atoms with Gasteiger partial charge >= 0.3 is 0 Å². The minimum absolute atomic E-state index is 0.949. The Hall–Kier alpha value is -1.22. The number of aromatic nitrogens is 1. The van der Waals surface area contributed by atoms with E-state index in [1.807, 2.05) is 17.8 Å². The number of pyridine rings is 1. The number of thioether (sulfide) groups is 1. The summed E-state index contributed by atoms with van der Waals surface area (Å²) in [5.74, 6) is 2.18. The third kappa shape index (κ3) is 1.39. The number of anilines is 1. The van der Waals surface area contributed by atoms with Crippen LogP contribution >= 0.6 is 11.8 Å². The monoisotopic (exact) mass is 230 g/mol. The van der Waals surface area contributed by atoms with Gasteiger partial charge in [-0.2, -0.15) is 11.8 Å². The standard InChI is InChI=1S/C13H14N2S/c1-8-3-2-4-11-12(8)13(14)9-7-16-6-5-10(9)15-11/h2-4H,5-7H2,1H3,(H2,14,15). The van der Waals surface area contributed by atoms with Crippen LogP contribution < -0.4 is 5.73 Å². The predicted octanol–water partition coefficient (Wildman–Crippen LogP) is 2.91. The molecule has 0 amide bonds. The molecule has 0 radical (unpaired) electrons. The number of fused-ring (bicyclic) bond motifs is 2. The van der Waals surface area contributed by atoms with Crippen LogP contribution in [0.2, 0.25) is 0 Å². The van der Waals surface area contributed by atoms with E-state index in [0.29, 0.717) is 0 Å². The fourth-order valence-electron chi connectivity index (χ4n) is 2.33. The highest BCUT2D eigenvalue weighted by Gasteiger charge is 2.17. The maximum absolute atomic E-state index is 6.29. The number of aryl methyl sites for hydroxylation is 2. The van der Waals surface area contributed by atoms with Gasteiger partial charge in [0, 0.05) is 28.1 Å². The van der Waals surface area contributed by atoms with Crippen LogP contribution in [-0.4, -0.2) is 10.7 Å². The molecule has 16 heavy (non-hydrogen) atoms. The zero-order valence-corrected chi connectivity index (χ0v) is 10.1. The molecule has 82 valence electrons. The second kappa shape index (κ2) is 3.67. The fourth-order valence-corrected chi connectivity index (χ4v) is 3.33. The van der Waals surface area contributed by atoms with Crippen LogP contribution in [0.5, 0.6) is 0 Å². The summed E-state index contributed by atoms with van der Waals surface area (Å²) in [6.45, 7) is 2.10. The Kier molecular flexibility index (Phi) is 2.28. The molecule has 1 aromatic carbocycles. The van der Waals surface area contributed by atoms with Crippen molar-refractivity contribution in [3.8, 4) is 0 Å². The van der Waals surface area contributed by atoms with Gasteiger partial charge in [0.05, 0.1) is 5.52 Å². The molecule has 0 fully saturated rings. The summed E-state index contributed by atoms with van der Waals surface area (Å²) in [5.41, 5.74) is 12.0. The van der Waals surface area contributed by atoms with E-state index < -0.39 is 0 Å². The van der Waals surface area contributed by atoms with Crippen molar-refractivity contribution in [3.05, 3.63) is 35.0 Å². The Morgan fingerprint density at radius 3 is 3.12 bits per heavy atom. The SMILES string of the molecule is Cc1cccc2nc3c(c(N)c12)CSCC3. The molecular formula is C13H14N2S. The molecule has 0 saturated carbocycles. The van der Waals surface area contributed by atoms with Gasteiger partial charge in [-0.15, -0.1) is 0 Å². The highest BCUT2D eigenvalue weighted by Crippen LogP contribution is 2.34. The number of nitrogens with zero attached hydrogens (tertiary/aromatic N) is 1. The van der Waals surface area contributed by atoms with E-state index >= 15 is 0 Å². The molecule has 1 aliphatic rings. The largest absolute Gasteiger partial charge is 0.398 e. The lowest BCUT2D eigenvalue weighted by atomic mass is 10.0. The van der Waals surface area contributed by atoms with Crippen LogP contribution in [0.15, 0.2) is 18.2 Å². The molecule has 0 bridgehead atoms. The van der Waals surface area contributed by atoms with Crippen molar-refractivity contribution >= 4 is 28.4 Å². The molecule has 0 saturated heterocycles. The van der Waals surface area contributed by atoms with Gasteiger partial charge in [-0.3, -0.25) is 4.98 Å². The van der Waals surface area contributed by atoms with Crippen LogP contribution in [0.3, 0.4) is 0 Å². The van der Waals surface area contributed by atoms with Crippen LogP contribution in [0.4, 0.5) is 5.69 Å². The van der Waals surface area contributed by atoms with Gasteiger partial charge in [0.2, 0.25) is 0 Å². The molecule has 1 aromatic heterocycles. The Balaban J connectivity index is 2.40. The molecule has 2 heterocycles. The van der Waals surface area contributed by atoms with Gasteiger partial charge in [0.1, 0.15) is 0 Å². The summed E-state index contributed by atoms with van der Waals surface area (Å²) >= 11 is 1.95. The summed E-state index contributed by atoms with van der Waals surface area (Å²) in [5, 5.41) is 1.14. The van der Waals surface area contributed by atoms with Gasteiger partial charge in [-0.25, -0.2) is 0 Å². The van der Waals surface area contributed by atoms with Crippen LogP contribution in [0.25, 0.3) is 10.9 Å². The normalized spacial score (nSPS) is 15.1. The van der Waals surface area contributed by atoms with Crippen LogP contribution in [0, 0.1) is 6.92 Å². The Bertz CT molecular complexity index is 563. The molecule has 2 aromatic rings. The number of hydrogen-bond acceptors (Lipinski definition) is 3. The lowest BCUT2D eigenvalue weighted by Gasteiger charge is -2.19. The summed E-state index contributed by atoms with van der Waals surface area (Å²) in [6.07, 6.45) is 1.05. The lowest BCUT2D eigenvalue weighted by molar-refractivity contribution is 1.01. The molecule has 2 nitrogen and oxygen atoms in total. The third-order valence-corrected chi connectivity index (χ3v) is 4.16. The molecule has 0 atom stereocenters. The minimum atomic E-state index is 0.949. The molecular weight excluding hydrogens is 216 g/mol. The highest BCUT2D eigenvalue weighted by molar-refractivity contribution is 7.98. The number of nitrogens with two attached hydrogens (primary N) is 1. The molecule has 0 unspecified atom stereocenters. The Morgan fingerprint density at radius 2 is 2.25 bits per heavy atom. The average Bonchev–Trinajstić information content (AvgIpc) is 2.29. The molecule has 3 rings (SSSR count). The zero-order valence-electron chi connectivity index (χ0n) is 9.29. The van der Waals surface area contributed by atoms with Gasteiger partial charge in [0.15, 0.2) is 0 Å². The van der Waals surface area contributed by atoms with Gasteiger partial charge in [0.25, 0.3) is 0 Å². The average molecular weight is 230 g/mol. The topological polar surface area (TPSA) is 38.9 Å². The van der Waals surface area contributed by atoms with Crippen LogP contribution in [-0.2, 0) is 12.2 Å². The Labute approximate surface area is 99.2 Å². The van der Waals surface area contributed by atoms with Crippen molar-refractivity contribution < 1.29 is 0 Å². The zero-order chi connectivity index (χ0) is 11.1. The summed E-state index contributed by atoms with van der Waals surface area (Å²) in [6, 6.07) is 6.21. The van der Waals surface area contributed by atoms with E-state index in [1.165, 1.54) is 16.8 Å². The number of nitrogen functional groups attached to an aromatic ring is 1. The summed E-state index contributed by atoms with van der Waals surface area (Å²) < 4.78 is 0. The van der Waals surface area contributed by atoms with Crippen molar-refractivity contribution in [2.24, 2.45) is 0 Å². The minimum Gasteiger partial charge on any atom is -0.398 e. The predicted molar refractivity (Wildman–Crippen MR) is 70.8 cm³/mol. The van der Waals surface area contributed by atoms with Crippen molar-refractivity contribution in [3.63, 3.8) is 0 Å². The van der Waals surface area contributed by atoms with E-state index in [-0.39, 0.29) is 0 Å². The first-order chi connectivity index (χ1) is 7.77. The number of benzene rings is 1. The number of hydrogen-bond donors (Lipinski definition) is 1. The van der Waals surface area contributed by atoms with Gasteiger partial charge in [-0.1, -0.05) is 12.1 Å². The van der Waals surface area contributed by atoms with Crippen LogP contribution in [0.1, 0.15) is 16.8 Å². The second-order valence-corrected chi connectivity index (χ2v) is 5.33. The van der Waals surface area contributed by atoms with Gasteiger partial charge < -0.3 is 5.73 Å². The third-order valence-electron chi connectivity index (χ3n) is 3.18. The maximum Gasteiger partial charge on any atom is 0.0728 e. The Morgan fingerprint density at radius 1 is 1.38 bits per heavy atom. The molecule has 0 aliphatic carbocycles. The molecule has 3 heteroatoms. The van der Waals surface area contributed by atoms with Crippen molar-refractivity contribution in [2.75, 3.05) is 11.5 Å². The number of rotatable bonds is 0. The quantitative estimate of drug-likeness (QED) is 0.756. The molecule has 0 spiro atoms. The first kappa shape index (κ1) is 9.97. The molecule has 2 N–H and O–H groups in total. The first-order valence-electron chi connectivity index (χ1n) is 5.51. The van der Waals surface area contributed by atoms with E-state index in [0.717, 1.165) is 34.5 Å².